The van der Waals surface area contributed by atoms with E-state index in [0.717, 1.165) is 76.6 Å². The van der Waals surface area contributed by atoms with Crippen LogP contribution in [0.4, 0.5) is 11.4 Å². The number of aromatic nitrogens is 1. The molecule has 1 saturated heterocycles. The minimum absolute atomic E-state index is 0.133. The van der Waals surface area contributed by atoms with Crippen LogP contribution in [0.5, 0.6) is 11.6 Å². The van der Waals surface area contributed by atoms with E-state index < -0.39 is 6.10 Å². The van der Waals surface area contributed by atoms with E-state index in [9.17, 15) is 9.90 Å². The molecule has 6 rings (SSSR count). The van der Waals surface area contributed by atoms with E-state index in [1.165, 1.54) is 5.56 Å². The lowest BCUT2D eigenvalue weighted by Crippen LogP contribution is -2.43. The fraction of sp³-hybridized carbons (Fsp3) is 0.424. The Labute approximate surface area is 247 Å². The smallest absolute Gasteiger partial charge is 0.254 e. The van der Waals surface area contributed by atoms with Crippen LogP contribution in [0.3, 0.4) is 0 Å². The molecule has 1 atom stereocenters. The third kappa shape index (κ3) is 5.58. The number of ether oxygens (including phenoxy) is 2. The highest BCUT2D eigenvalue weighted by Crippen LogP contribution is 2.39. The van der Waals surface area contributed by atoms with Gasteiger partial charge in [-0.15, -0.1) is 0 Å². The van der Waals surface area contributed by atoms with Gasteiger partial charge in [-0.1, -0.05) is 17.7 Å². The third-order valence-electron chi connectivity index (χ3n) is 8.57. The molecule has 0 saturated carbocycles. The maximum absolute atomic E-state index is 13.4. The molecule has 3 aliphatic heterocycles. The van der Waals surface area contributed by atoms with Crippen molar-refractivity contribution in [2.24, 2.45) is 4.99 Å². The Morgan fingerprint density at radius 1 is 1.12 bits per heavy atom. The van der Waals surface area contributed by atoms with Crippen LogP contribution >= 0.6 is 0 Å². The molecule has 2 aromatic carbocycles. The molecule has 0 spiro atoms. The lowest BCUT2D eigenvalue weighted by atomic mass is 10.00. The van der Waals surface area contributed by atoms with Crippen LogP contribution in [0.25, 0.3) is 0 Å². The number of aryl methyl sites for hydroxylation is 2. The van der Waals surface area contributed by atoms with Gasteiger partial charge in [0.2, 0.25) is 5.88 Å². The van der Waals surface area contributed by atoms with Crippen molar-refractivity contribution in [3.63, 3.8) is 0 Å². The van der Waals surface area contributed by atoms with Crippen molar-refractivity contribution in [1.82, 2.24) is 14.8 Å². The monoisotopic (exact) mass is 569 g/mol. The number of carbonyl (C=O) groups excluding carboxylic acids is 1. The van der Waals surface area contributed by atoms with E-state index >= 15 is 0 Å². The first-order valence-corrected chi connectivity index (χ1v) is 14.7. The van der Waals surface area contributed by atoms with Gasteiger partial charge in [0.25, 0.3) is 5.91 Å². The maximum Gasteiger partial charge on any atom is 0.254 e. The summed E-state index contributed by atoms with van der Waals surface area (Å²) in [5, 5.41) is 14.0. The Balaban J connectivity index is 1.16. The quantitative estimate of drug-likeness (QED) is 0.397. The highest BCUT2D eigenvalue weighted by molar-refractivity contribution is 6.12. The lowest BCUT2D eigenvalue weighted by molar-refractivity contribution is 0.0617. The van der Waals surface area contributed by atoms with Crippen LogP contribution < -0.4 is 14.8 Å². The van der Waals surface area contributed by atoms with Crippen LogP contribution in [0, 0.1) is 13.8 Å². The van der Waals surface area contributed by atoms with E-state index in [2.05, 4.69) is 39.3 Å². The first kappa shape index (κ1) is 28.2. The minimum atomic E-state index is -0.734. The van der Waals surface area contributed by atoms with Crippen molar-refractivity contribution in [3.8, 4) is 11.6 Å². The number of aliphatic hydroxyl groups excluding tert-OH is 1. The summed E-state index contributed by atoms with van der Waals surface area (Å²) in [4.78, 5) is 27.2. The molecule has 4 heterocycles. The summed E-state index contributed by atoms with van der Waals surface area (Å²) in [6, 6.07) is 12.3. The van der Waals surface area contributed by atoms with Gasteiger partial charge in [0.15, 0.2) is 0 Å². The fourth-order valence-corrected chi connectivity index (χ4v) is 6.23. The SMILES string of the molecule is COc1nccc(NCC(O)COc2ccc(C)cc2C)c1C1=Nc2cc3c(cc2C1)C(=O)N(C1CCN(C)CC1)C3. The highest BCUT2D eigenvalue weighted by Gasteiger charge is 2.36. The number of hydrogen-bond donors (Lipinski definition) is 2. The molecule has 1 unspecified atom stereocenters. The predicted molar refractivity (Wildman–Crippen MR) is 163 cm³/mol. The number of fused-ring (bicyclic) bond motifs is 2. The Bertz CT molecular complexity index is 1530. The molecule has 220 valence electrons. The number of pyridine rings is 1. The summed E-state index contributed by atoms with van der Waals surface area (Å²) in [6.45, 7) is 7.17. The Morgan fingerprint density at radius 3 is 2.69 bits per heavy atom. The first-order chi connectivity index (χ1) is 20.3. The molecular formula is C33H39N5O4. The number of piperidine rings is 1. The number of likely N-dealkylation sites (tertiary alicyclic amines) is 1. The van der Waals surface area contributed by atoms with Gasteiger partial charge in [-0.2, -0.15) is 0 Å². The van der Waals surface area contributed by atoms with Crippen LogP contribution in [-0.2, 0) is 13.0 Å². The van der Waals surface area contributed by atoms with Gasteiger partial charge >= 0.3 is 0 Å². The average molecular weight is 570 g/mol. The second-order valence-corrected chi connectivity index (χ2v) is 11.7. The van der Waals surface area contributed by atoms with E-state index in [1.807, 2.05) is 38.1 Å². The zero-order chi connectivity index (χ0) is 29.4. The largest absolute Gasteiger partial charge is 0.491 e. The molecule has 9 nitrogen and oxygen atoms in total. The Hall–Kier alpha value is -3.95. The van der Waals surface area contributed by atoms with Crippen molar-refractivity contribution in [1.29, 1.82) is 0 Å². The summed E-state index contributed by atoms with van der Waals surface area (Å²) < 4.78 is 11.5. The zero-order valence-corrected chi connectivity index (χ0v) is 24.8. The van der Waals surface area contributed by atoms with E-state index in [-0.39, 0.29) is 19.1 Å². The second kappa shape index (κ2) is 11.7. The van der Waals surface area contributed by atoms with Gasteiger partial charge < -0.3 is 29.7 Å². The van der Waals surface area contributed by atoms with Crippen LogP contribution in [0.15, 0.2) is 47.6 Å². The number of aliphatic hydroxyl groups is 1. The van der Waals surface area contributed by atoms with E-state index in [0.29, 0.717) is 24.9 Å². The molecule has 1 aromatic heterocycles. The Morgan fingerprint density at radius 2 is 1.93 bits per heavy atom. The number of anilines is 1. The molecule has 0 radical (unpaired) electrons. The molecule has 3 aliphatic rings. The van der Waals surface area contributed by atoms with Crippen molar-refractivity contribution in [2.45, 2.75) is 51.8 Å². The summed E-state index contributed by atoms with van der Waals surface area (Å²) in [6.07, 6.45) is 3.54. The normalized spacial score (nSPS) is 17.6. The number of carbonyl (C=O) groups is 1. The van der Waals surface area contributed by atoms with Crippen molar-refractivity contribution >= 4 is 23.0 Å². The fourth-order valence-electron chi connectivity index (χ4n) is 6.23. The van der Waals surface area contributed by atoms with Gasteiger partial charge in [-0.25, -0.2) is 4.98 Å². The number of nitrogens with one attached hydrogen (secondary N) is 1. The van der Waals surface area contributed by atoms with Crippen molar-refractivity contribution < 1.29 is 19.4 Å². The number of benzene rings is 2. The van der Waals surface area contributed by atoms with Crippen molar-refractivity contribution in [2.75, 3.05) is 45.7 Å². The standard InChI is InChI=1S/C33H39N5O4/c1-20-5-6-30(21(2)13-20)42-19-25(39)17-35-27-7-10-34-32(41-4)31(27)29-15-22-14-26-23(16-28(22)36-29)18-38(33(26)40)24-8-11-37(3)12-9-24/h5-7,10,13-14,16,24-25,39H,8-9,11-12,15,17-19H2,1-4H3,(H,34,35). The van der Waals surface area contributed by atoms with E-state index in [1.54, 1.807) is 13.3 Å². The number of nitrogens with zero attached hydrogens (tertiary/aromatic N) is 4. The number of amides is 1. The average Bonchev–Trinajstić information content (AvgIpc) is 3.54. The van der Waals surface area contributed by atoms with Gasteiger partial charge in [-0.3, -0.25) is 9.79 Å². The number of methoxy groups -OCH3 is 1. The second-order valence-electron chi connectivity index (χ2n) is 11.7. The molecule has 42 heavy (non-hydrogen) atoms. The first-order valence-electron chi connectivity index (χ1n) is 14.7. The van der Waals surface area contributed by atoms with Gasteiger partial charge in [0, 0.05) is 37.3 Å². The molecule has 9 heteroatoms. The number of rotatable bonds is 9. The summed E-state index contributed by atoms with van der Waals surface area (Å²) >= 11 is 0. The molecule has 1 fully saturated rings. The zero-order valence-electron chi connectivity index (χ0n) is 24.8. The molecule has 1 amide bonds. The summed E-state index contributed by atoms with van der Waals surface area (Å²) in [7, 11) is 3.73. The summed E-state index contributed by atoms with van der Waals surface area (Å²) in [5.74, 6) is 1.36. The third-order valence-corrected chi connectivity index (χ3v) is 8.57. The topological polar surface area (TPSA) is 99.5 Å². The van der Waals surface area contributed by atoms with Gasteiger partial charge in [0.05, 0.1) is 29.8 Å². The number of hydrogen-bond acceptors (Lipinski definition) is 8. The van der Waals surface area contributed by atoms with Gasteiger partial charge in [-0.05, 0) is 87.8 Å². The molecular weight excluding hydrogens is 530 g/mol. The highest BCUT2D eigenvalue weighted by atomic mass is 16.5. The molecule has 0 bridgehead atoms. The number of aliphatic imine (C=N–C) groups is 1. The van der Waals surface area contributed by atoms with Crippen LogP contribution in [0.2, 0.25) is 0 Å². The molecule has 0 aliphatic carbocycles. The van der Waals surface area contributed by atoms with Crippen molar-refractivity contribution in [3.05, 3.63) is 76.0 Å². The van der Waals surface area contributed by atoms with Crippen LogP contribution in [0.1, 0.15) is 51.0 Å². The lowest BCUT2D eigenvalue weighted by Gasteiger charge is -2.34. The van der Waals surface area contributed by atoms with Gasteiger partial charge in [0.1, 0.15) is 18.5 Å². The molecule has 3 aromatic rings. The maximum atomic E-state index is 13.4. The summed E-state index contributed by atoms with van der Waals surface area (Å²) in [5.41, 5.74) is 8.33. The minimum Gasteiger partial charge on any atom is -0.491 e. The molecule has 2 N–H and O–H groups in total. The van der Waals surface area contributed by atoms with E-state index in [4.69, 9.17) is 14.5 Å². The van der Waals surface area contributed by atoms with Crippen LogP contribution in [-0.4, -0.2) is 84.1 Å². The Kier molecular flexibility index (Phi) is 7.88. The predicted octanol–water partition coefficient (Wildman–Crippen LogP) is 4.29.